The van der Waals surface area contributed by atoms with Gasteiger partial charge in [0.05, 0.1) is 23.0 Å². The smallest absolute Gasteiger partial charge is 0.391 e. The summed E-state index contributed by atoms with van der Waals surface area (Å²) in [5.74, 6) is -1.92. The Morgan fingerprint density at radius 3 is 2.66 bits per heavy atom. The van der Waals surface area contributed by atoms with Crippen LogP contribution in [-0.4, -0.2) is 33.2 Å². The highest BCUT2D eigenvalue weighted by Crippen LogP contribution is 2.40. The molecule has 1 saturated carbocycles. The van der Waals surface area contributed by atoms with Gasteiger partial charge in [0.2, 0.25) is 17.7 Å². The zero-order chi connectivity index (χ0) is 21.2. The van der Waals surface area contributed by atoms with Crippen LogP contribution in [0.4, 0.5) is 13.2 Å². The van der Waals surface area contributed by atoms with E-state index in [2.05, 4.69) is 10.2 Å². The van der Waals surface area contributed by atoms with Crippen LogP contribution in [0.15, 0.2) is 28.7 Å². The van der Waals surface area contributed by atoms with Crippen LogP contribution in [0, 0.1) is 11.8 Å². The Labute approximate surface area is 172 Å². The zero-order valence-corrected chi connectivity index (χ0v) is 17.0. The maximum absolute atomic E-state index is 13.1. The average Bonchev–Trinajstić information content (AvgIpc) is 3.13. The summed E-state index contributed by atoms with van der Waals surface area (Å²) < 4.78 is 45.0. The highest BCUT2D eigenvalue weighted by molar-refractivity contribution is 6.33. The molecule has 1 aromatic carbocycles. The van der Waals surface area contributed by atoms with Gasteiger partial charge in [-0.1, -0.05) is 30.2 Å². The zero-order valence-electron chi connectivity index (χ0n) is 16.2. The average molecular weight is 430 g/mol. The predicted octanol–water partition coefficient (Wildman–Crippen LogP) is 5.50. The lowest BCUT2D eigenvalue weighted by atomic mass is 9.80. The van der Waals surface area contributed by atoms with Crippen LogP contribution in [0.5, 0.6) is 0 Å². The Hall–Kier alpha value is -2.09. The van der Waals surface area contributed by atoms with Crippen molar-refractivity contribution in [2.24, 2.45) is 11.8 Å². The van der Waals surface area contributed by atoms with Gasteiger partial charge < -0.3 is 9.32 Å². The molecule has 1 amide bonds. The number of hydrogen-bond acceptors (Lipinski definition) is 4. The molecule has 1 aliphatic carbocycles. The van der Waals surface area contributed by atoms with Crippen LogP contribution >= 0.6 is 11.6 Å². The molecule has 0 saturated heterocycles. The third-order valence-electron chi connectivity index (χ3n) is 5.27. The van der Waals surface area contributed by atoms with Crippen LogP contribution in [0.2, 0.25) is 5.02 Å². The fraction of sp³-hybridized carbons (Fsp3) is 0.550. The third-order valence-corrected chi connectivity index (χ3v) is 5.60. The molecule has 0 radical (unpaired) electrons. The molecule has 29 heavy (non-hydrogen) atoms. The first kappa shape index (κ1) is 21.6. The quantitative estimate of drug-likeness (QED) is 0.630. The maximum Gasteiger partial charge on any atom is 0.391 e. The van der Waals surface area contributed by atoms with E-state index in [1.54, 1.807) is 24.3 Å². The number of hydrogen-bond donors (Lipinski definition) is 0. The second-order valence-electron chi connectivity index (χ2n) is 7.64. The molecule has 1 fully saturated rings. The Bertz CT molecular complexity index is 853. The van der Waals surface area contributed by atoms with Gasteiger partial charge in [-0.05, 0) is 45.2 Å². The molecular formula is C20H23ClF3N3O2. The van der Waals surface area contributed by atoms with Gasteiger partial charge in [0.25, 0.3) is 0 Å². The van der Waals surface area contributed by atoms with Crippen LogP contribution in [-0.2, 0) is 11.3 Å². The summed E-state index contributed by atoms with van der Waals surface area (Å²) in [5, 5.41) is 8.43. The lowest BCUT2D eigenvalue weighted by molar-refractivity contribution is -0.187. The lowest BCUT2D eigenvalue weighted by Crippen LogP contribution is -2.43. The van der Waals surface area contributed by atoms with Gasteiger partial charge in [-0.2, -0.15) is 13.2 Å². The molecular weight excluding hydrogens is 407 g/mol. The molecule has 0 spiro atoms. The minimum Gasteiger partial charge on any atom is -0.419 e. The molecule has 2 unspecified atom stereocenters. The van der Waals surface area contributed by atoms with Gasteiger partial charge in [0, 0.05) is 12.0 Å². The van der Waals surface area contributed by atoms with Crippen molar-refractivity contribution in [2.45, 2.75) is 58.3 Å². The minimum atomic E-state index is -4.27. The molecule has 9 heteroatoms. The number of aromatic nitrogens is 2. The maximum atomic E-state index is 13.1. The van der Waals surface area contributed by atoms with E-state index < -0.39 is 18.0 Å². The van der Waals surface area contributed by atoms with E-state index in [1.807, 2.05) is 13.8 Å². The molecule has 5 nitrogen and oxygen atoms in total. The van der Waals surface area contributed by atoms with E-state index in [9.17, 15) is 18.0 Å². The van der Waals surface area contributed by atoms with E-state index in [1.165, 1.54) is 4.90 Å². The first-order chi connectivity index (χ1) is 13.7. The SMILES string of the molecule is CC(C)N(Cc1nnc(-c2ccccc2Cl)o1)C(=O)C1CCCC(C(F)(F)F)C1. The number of carbonyl (C=O) groups excluding carboxylic acids is 1. The minimum absolute atomic E-state index is 0.0428. The van der Waals surface area contributed by atoms with E-state index in [-0.39, 0.29) is 43.1 Å². The van der Waals surface area contributed by atoms with Crippen molar-refractivity contribution in [1.29, 1.82) is 0 Å². The van der Waals surface area contributed by atoms with E-state index in [0.717, 1.165) is 0 Å². The van der Waals surface area contributed by atoms with Crippen molar-refractivity contribution >= 4 is 17.5 Å². The van der Waals surface area contributed by atoms with Gasteiger partial charge in [-0.25, -0.2) is 0 Å². The van der Waals surface area contributed by atoms with Crippen LogP contribution in [0.25, 0.3) is 11.5 Å². The van der Waals surface area contributed by atoms with Crippen molar-refractivity contribution in [1.82, 2.24) is 15.1 Å². The summed E-state index contributed by atoms with van der Waals surface area (Å²) >= 11 is 6.14. The molecule has 0 N–H and O–H groups in total. The van der Waals surface area contributed by atoms with Gasteiger partial charge in [0.15, 0.2) is 0 Å². The highest BCUT2D eigenvalue weighted by Gasteiger charge is 2.44. The second kappa shape index (κ2) is 8.73. The Morgan fingerprint density at radius 2 is 2.00 bits per heavy atom. The number of benzene rings is 1. The largest absolute Gasteiger partial charge is 0.419 e. The monoisotopic (exact) mass is 429 g/mol. The van der Waals surface area contributed by atoms with Gasteiger partial charge >= 0.3 is 6.18 Å². The summed E-state index contributed by atoms with van der Waals surface area (Å²) in [4.78, 5) is 14.5. The second-order valence-corrected chi connectivity index (χ2v) is 8.05. The lowest BCUT2D eigenvalue weighted by Gasteiger charge is -2.34. The summed E-state index contributed by atoms with van der Waals surface area (Å²) in [7, 11) is 0. The number of carbonyl (C=O) groups is 1. The fourth-order valence-corrected chi connectivity index (χ4v) is 3.88. The number of halogens is 4. The van der Waals surface area contributed by atoms with E-state index >= 15 is 0 Å². The summed E-state index contributed by atoms with van der Waals surface area (Å²) in [6.45, 7) is 3.67. The van der Waals surface area contributed by atoms with Gasteiger partial charge in [-0.15, -0.1) is 10.2 Å². The van der Waals surface area contributed by atoms with Crippen molar-refractivity contribution in [3.63, 3.8) is 0 Å². The number of alkyl halides is 3. The topological polar surface area (TPSA) is 59.2 Å². The molecule has 1 aromatic heterocycles. The molecule has 2 atom stereocenters. The summed E-state index contributed by atoms with van der Waals surface area (Å²) in [5.41, 5.74) is 0.579. The van der Waals surface area contributed by atoms with Gasteiger partial charge in [-0.3, -0.25) is 4.79 Å². The Morgan fingerprint density at radius 1 is 1.28 bits per heavy atom. The van der Waals surface area contributed by atoms with Gasteiger partial charge in [0.1, 0.15) is 0 Å². The molecule has 158 valence electrons. The van der Waals surface area contributed by atoms with Crippen LogP contribution < -0.4 is 0 Å². The Kier molecular flexibility index (Phi) is 6.51. The molecule has 3 rings (SSSR count). The van der Waals surface area contributed by atoms with Crippen molar-refractivity contribution in [2.75, 3.05) is 0 Å². The normalized spacial score (nSPS) is 20.1. The fourth-order valence-electron chi connectivity index (χ4n) is 3.67. The predicted molar refractivity (Wildman–Crippen MR) is 102 cm³/mol. The Balaban J connectivity index is 1.74. The molecule has 0 bridgehead atoms. The molecule has 1 heterocycles. The first-order valence-electron chi connectivity index (χ1n) is 9.61. The number of nitrogens with zero attached hydrogens (tertiary/aromatic N) is 3. The highest BCUT2D eigenvalue weighted by atomic mass is 35.5. The van der Waals surface area contributed by atoms with Crippen molar-refractivity contribution in [3.8, 4) is 11.5 Å². The number of amides is 1. The van der Waals surface area contributed by atoms with Crippen molar-refractivity contribution in [3.05, 3.63) is 35.2 Å². The van der Waals surface area contributed by atoms with Crippen LogP contribution in [0.1, 0.15) is 45.4 Å². The molecule has 0 aliphatic heterocycles. The molecule has 2 aromatic rings. The van der Waals surface area contributed by atoms with E-state index in [4.69, 9.17) is 16.0 Å². The first-order valence-corrected chi connectivity index (χ1v) is 9.99. The summed E-state index contributed by atoms with van der Waals surface area (Å²) in [6, 6.07) is 6.79. The standard InChI is InChI=1S/C20H23ClF3N3O2/c1-12(2)27(19(28)13-6-5-7-14(10-13)20(22,23)24)11-17-25-26-18(29-17)15-8-3-4-9-16(15)21/h3-4,8-9,12-14H,5-7,10-11H2,1-2H3. The van der Waals surface area contributed by atoms with E-state index in [0.29, 0.717) is 23.4 Å². The summed E-state index contributed by atoms with van der Waals surface area (Å²) in [6.07, 6.45) is -3.49. The molecule has 1 aliphatic rings. The van der Waals surface area contributed by atoms with Crippen LogP contribution in [0.3, 0.4) is 0 Å². The number of rotatable bonds is 5. The van der Waals surface area contributed by atoms with Crippen molar-refractivity contribution < 1.29 is 22.4 Å². The third kappa shape index (κ3) is 5.10.